The van der Waals surface area contributed by atoms with E-state index in [4.69, 9.17) is 9.47 Å². The number of carbonyl (C=O) groups excluding carboxylic acids is 3. The normalized spacial score (nSPS) is 16.5. The second kappa shape index (κ2) is 10.5. The Kier molecular flexibility index (Phi) is 8.04. The van der Waals surface area contributed by atoms with Crippen LogP contribution in [0, 0.1) is 5.92 Å². The molecule has 1 heterocycles. The van der Waals surface area contributed by atoms with Gasteiger partial charge in [-0.3, -0.25) is 14.4 Å². The van der Waals surface area contributed by atoms with Crippen molar-refractivity contribution in [3.63, 3.8) is 0 Å². The van der Waals surface area contributed by atoms with Crippen LogP contribution in [0.2, 0.25) is 0 Å². The molecule has 0 aromatic heterocycles. The van der Waals surface area contributed by atoms with Crippen LogP contribution >= 0.6 is 0 Å². The maximum Gasteiger partial charge on any atom is 0.308 e. The van der Waals surface area contributed by atoms with E-state index in [1.807, 2.05) is 13.8 Å². The predicted molar refractivity (Wildman–Crippen MR) is 105 cm³/mol. The molecule has 7 heteroatoms. The SMILES string of the molecule is C=CCOc1ccc(C(=O)N2CCNC(=O)C2CC(=O)OCCC(C)C)cc1. The number of amides is 2. The van der Waals surface area contributed by atoms with Crippen LogP contribution in [0.5, 0.6) is 5.75 Å². The van der Waals surface area contributed by atoms with Gasteiger partial charge in [-0.15, -0.1) is 0 Å². The monoisotopic (exact) mass is 388 g/mol. The van der Waals surface area contributed by atoms with Gasteiger partial charge >= 0.3 is 5.97 Å². The summed E-state index contributed by atoms with van der Waals surface area (Å²) in [6, 6.07) is 5.80. The number of benzene rings is 1. The average molecular weight is 388 g/mol. The van der Waals surface area contributed by atoms with Crippen molar-refractivity contribution in [1.82, 2.24) is 10.2 Å². The zero-order valence-electron chi connectivity index (χ0n) is 16.5. The predicted octanol–water partition coefficient (Wildman–Crippen LogP) is 2.17. The highest BCUT2D eigenvalue weighted by Crippen LogP contribution is 2.18. The fourth-order valence-electron chi connectivity index (χ4n) is 2.80. The number of hydrogen-bond acceptors (Lipinski definition) is 5. The van der Waals surface area contributed by atoms with E-state index in [1.165, 1.54) is 4.90 Å². The van der Waals surface area contributed by atoms with Gasteiger partial charge in [0.2, 0.25) is 5.91 Å². The summed E-state index contributed by atoms with van der Waals surface area (Å²) in [4.78, 5) is 38.7. The van der Waals surface area contributed by atoms with E-state index in [2.05, 4.69) is 11.9 Å². The van der Waals surface area contributed by atoms with Crippen LogP contribution in [0.1, 0.15) is 37.0 Å². The van der Waals surface area contributed by atoms with E-state index in [9.17, 15) is 14.4 Å². The van der Waals surface area contributed by atoms with Crippen LogP contribution in [0.25, 0.3) is 0 Å². The van der Waals surface area contributed by atoms with Gasteiger partial charge in [0.15, 0.2) is 0 Å². The Hall–Kier alpha value is -2.83. The highest BCUT2D eigenvalue weighted by molar-refractivity contribution is 5.99. The number of ether oxygens (including phenoxy) is 2. The summed E-state index contributed by atoms with van der Waals surface area (Å²) in [6.07, 6.45) is 2.23. The van der Waals surface area contributed by atoms with E-state index in [0.29, 0.717) is 43.5 Å². The summed E-state index contributed by atoms with van der Waals surface area (Å²) < 4.78 is 10.6. The Morgan fingerprint density at radius 3 is 2.68 bits per heavy atom. The Labute approximate surface area is 165 Å². The zero-order chi connectivity index (χ0) is 20.5. The summed E-state index contributed by atoms with van der Waals surface area (Å²) in [5, 5.41) is 2.71. The third kappa shape index (κ3) is 6.11. The summed E-state index contributed by atoms with van der Waals surface area (Å²) in [5.41, 5.74) is 0.429. The Balaban J connectivity index is 2.03. The molecule has 7 nitrogen and oxygen atoms in total. The molecule has 0 spiro atoms. The average Bonchev–Trinajstić information content (AvgIpc) is 2.67. The van der Waals surface area contributed by atoms with Gasteiger partial charge in [0.1, 0.15) is 18.4 Å². The molecule has 1 aliphatic heterocycles. The molecule has 1 saturated heterocycles. The number of piperazine rings is 1. The highest BCUT2D eigenvalue weighted by Gasteiger charge is 2.35. The molecule has 28 heavy (non-hydrogen) atoms. The molecule has 0 saturated carbocycles. The van der Waals surface area contributed by atoms with Gasteiger partial charge < -0.3 is 19.7 Å². The van der Waals surface area contributed by atoms with Gasteiger partial charge in [-0.05, 0) is 36.6 Å². The van der Waals surface area contributed by atoms with E-state index in [-0.39, 0.29) is 18.2 Å². The number of rotatable bonds is 9. The van der Waals surface area contributed by atoms with Crippen molar-refractivity contribution >= 4 is 17.8 Å². The molecule has 1 aliphatic rings. The summed E-state index contributed by atoms with van der Waals surface area (Å²) in [7, 11) is 0. The third-order valence-corrected chi connectivity index (χ3v) is 4.38. The maximum absolute atomic E-state index is 12.9. The van der Waals surface area contributed by atoms with Crippen LogP contribution in [0.4, 0.5) is 0 Å². The van der Waals surface area contributed by atoms with E-state index >= 15 is 0 Å². The summed E-state index contributed by atoms with van der Waals surface area (Å²) >= 11 is 0. The maximum atomic E-state index is 12.9. The van der Waals surface area contributed by atoms with Crippen LogP contribution in [-0.4, -0.2) is 55.0 Å². The van der Waals surface area contributed by atoms with Crippen LogP contribution in [0.15, 0.2) is 36.9 Å². The quantitative estimate of drug-likeness (QED) is 0.518. The molecule has 0 radical (unpaired) electrons. The van der Waals surface area contributed by atoms with Gasteiger partial charge in [0.05, 0.1) is 13.0 Å². The molecule has 1 atom stereocenters. The molecular weight excluding hydrogens is 360 g/mol. The third-order valence-electron chi connectivity index (χ3n) is 4.38. The first-order chi connectivity index (χ1) is 13.4. The summed E-state index contributed by atoms with van der Waals surface area (Å²) in [5.74, 6) is -0.0782. The number of nitrogens with zero attached hydrogens (tertiary/aromatic N) is 1. The van der Waals surface area contributed by atoms with Gasteiger partial charge in [0, 0.05) is 18.7 Å². The number of carbonyl (C=O) groups is 3. The van der Waals surface area contributed by atoms with E-state index < -0.39 is 12.0 Å². The zero-order valence-corrected chi connectivity index (χ0v) is 16.5. The van der Waals surface area contributed by atoms with Crippen molar-refractivity contribution in [2.75, 3.05) is 26.3 Å². The van der Waals surface area contributed by atoms with Crippen LogP contribution in [-0.2, 0) is 14.3 Å². The molecule has 1 aromatic carbocycles. The second-order valence-electron chi connectivity index (χ2n) is 7.04. The van der Waals surface area contributed by atoms with Crippen LogP contribution < -0.4 is 10.1 Å². The number of hydrogen-bond donors (Lipinski definition) is 1. The van der Waals surface area contributed by atoms with Gasteiger partial charge in [0.25, 0.3) is 5.91 Å². The molecule has 1 unspecified atom stereocenters. The number of nitrogens with one attached hydrogen (secondary N) is 1. The van der Waals surface area contributed by atoms with Crippen molar-refractivity contribution in [3.8, 4) is 5.75 Å². The lowest BCUT2D eigenvalue weighted by atomic mass is 10.1. The summed E-state index contributed by atoms with van der Waals surface area (Å²) in [6.45, 7) is 9.04. The fraction of sp³-hybridized carbons (Fsp3) is 0.476. The smallest absolute Gasteiger partial charge is 0.308 e. The first-order valence-electron chi connectivity index (χ1n) is 9.50. The largest absolute Gasteiger partial charge is 0.490 e. The van der Waals surface area contributed by atoms with Crippen molar-refractivity contribution in [2.45, 2.75) is 32.7 Å². The Morgan fingerprint density at radius 1 is 1.32 bits per heavy atom. The van der Waals surface area contributed by atoms with E-state index in [0.717, 1.165) is 6.42 Å². The molecule has 2 rings (SSSR count). The highest BCUT2D eigenvalue weighted by atomic mass is 16.5. The lowest BCUT2D eigenvalue weighted by molar-refractivity contribution is -0.148. The minimum absolute atomic E-state index is 0.157. The molecule has 0 aliphatic carbocycles. The Morgan fingerprint density at radius 2 is 2.04 bits per heavy atom. The van der Waals surface area contributed by atoms with Gasteiger partial charge in [-0.25, -0.2) is 0 Å². The van der Waals surface area contributed by atoms with Gasteiger partial charge in [-0.2, -0.15) is 0 Å². The minimum atomic E-state index is -0.871. The molecule has 0 bridgehead atoms. The topological polar surface area (TPSA) is 84.9 Å². The van der Waals surface area contributed by atoms with Crippen molar-refractivity contribution < 1.29 is 23.9 Å². The molecular formula is C21H28N2O5. The van der Waals surface area contributed by atoms with Crippen molar-refractivity contribution in [3.05, 3.63) is 42.5 Å². The first kappa shape index (κ1) is 21.5. The lowest BCUT2D eigenvalue weighted by Gasteiger charge is -2.34. The molecule has 1 N–H and O–H groups in total. The lowest BCUT2D eigenvalue weighted by Crippen LogP contribution is -2.57. The van der Waals surface area contributed by atoms with Crippen molar-refractivity contribution in [1.29, 1.82) is 0 Å². The first-order valence-corrected chi connectivity index (χ1v) is 9.50. The second-order valence-corrected chi connectivity index (χ2v) is 7.04. The molecule has 2 amide bonds. The van der Waals surface area contributed by atoms with Crippen LogP contribution in [0.3, 0.4) is 0 Å². The number of esters is 1. The molecule has 1 aromatic rings. The standard InChI is InChI=1S/C21H28N2O5/c1-4-12-27-17-7-5-16(6-8-17)21(26)23-11-10-22-20(25)18(23)14-19(24)28-13-9-15(2)3/h4-8,15,18H,1,9-14H2,2-3H3,(H,22,25). The minimum Gasteiger partial charge on any atom is -0.490 e. The Bertz CT molecular complexity index is 699. The fourth-order valence-corrected chi connectivity index (χ4v) is 2.80. The molecule has 152 valence electrons. The van der Waals surface area contributed by atoms with Crippen molar-refractivity contribution in [2.24, 2.45) is 5.92 Å². The molecule has 1 fully saturated rings. The van der Waals surface area contributed by atoms with Gasteiger partial charge in [-0.1, -0.05) is 26.5 Å². The van der Waals surface area contributed by atoms with E-state index in [1.54, 1.807) is 30.3 Å².